The fraction of sp³-hybridized carbons (Fsp3) is 0.538. The molecule has 1 saturated heterocycles. The lowest BCUT2D eigenvalue weighted by Gasteiger charge is -2.35. The molecular weight excluding hydrogens is 200 g/mol. The number of nitrogens with zero attached hydrogens (tertiary/aromatic N) is 2. The van der Waals surface area contributed by atoms with Gasteiger partial charge >= 0.3 is 0 Å². The van der Waals surface area contributed by atoms with E-state index in [0.717, 1.165) is 39.3 Å². The van der Waals surface area contributed by atoms with Gasteiger partial charge in [-0.05, 0) is 18.2 Å². The van der Waals surface area contributed by atoms with Crippen LogP contribution in [0.3, 0.4) is 0 Å². The second kappa shape index (κ2) is 5.87. The van der Waals surface area contributed by atoms with Crippen molar-refractivity contribution in [3.8, 4) is 0 Å². The summed E-state index contributed by atoms with van der Waals surface area (Å²) >= 11 is 0. The van der Waals surface area contributed by atoms with Gasteiger partial charge in [-0.3, -0.25) is 4.90 Å². The number of ether oxygens (including phenoxy) is 1. The Morgan fingerprint density at radius 2 is 2.12 bits per heavy atom. The van der Waals surface area contributed by atoms with E-state index in [0.29, 0.717) is 0 Å². The molecule has 0 unspecified atom stereocenters. The van der Waals surface area contributed by atoms with Gasteiger partial charge < -0.3 is 9.64 Å². The molecule has 16 heavy (non-hydrogen) atoms. The Bertz CT molecular complexity index is 294. The highest BCUT2D eigenvalue weighted by atomic mass is 16.5. The summed E-state index contributed by atoms with van der Waals surface area (Å²) in [5.41, 5.74) is 1.29. The Labute approximate surface area is 97.6 Å². The van der Waals surface area contributed by atoms with Crippen molar-refractivity contribution >= 4 is 5.69 Å². The smallest absolute Gasteiger partial charge is 0.0589 e. The Morgan fingerprint density at radius 3 is 2.75 bits per heavy atom. The predicted octanol–water partition coefficient (Wildman–Crippen LogP) is 1.26. The largest absolute Gasteiger partial charge is 0.383 e. The van der Waals surface area contributed by atoms with Gasteiger partial charge in [0.15, 0.2) is 0 Å². The Hall–Kier alpha value is -1.06. The highest BCUT2D eigenvalue weighted by molar-refractivity contribution is 5.45. The molecule has 1 aliphatic rings. The molecule has 1 aromatic rings. The molecule has 0 N–H and O–H groups in total. The molecular formula is C13H19N2O. The molecule has 2 rings (SSSR count). The second-order valence-corrected chi connectivity index (χ2v) is 4.08. The summed E-state index contributed by atoms with van der Waals surface area (Å²) in [5.74, 6) is 0. The van der Waals surface area contributed by atoms with E-state index in [4.69, 9.17) is 4.74 Å². The maximum Gasteiger partial charge on any atom is 0.0589 e. The van der Waals surface area contributed by atoms with Crippen molar-refractivity contribution in [2.75, 3.05) is 51.3 Å². The standard InChI is InChI=1S/C13H19N2O/c1-16-12-11-14-7-9-15(10-8-14)13-5-3-2-4-6-13/h2-3,5-6H,7-12H2,1H3. The van der Waals surface area contributed by atoms with E-state index in [1.807, 2.05) is 12.1 Å². The third kappa shape index (κ3) is 2.97. The maximum atomic E-state index is 5.10. The normalized spacial score (nSPS) is 17.7. The van der Waals surface area contributed by atoms with E-state index in [1.165, 1.54) is 5.69 Å². The monoisotopic (exact) mass is 219 g/mol. The van der Waals surface area contributed by atoms with Crippen LogP contribution in [0, 0.1) is 6.07 Å². The SMILES string of the molecule is COCCN1CCN(c2c[c]ccc2)CC1. The van der Waals surface area contributed by atoms with Crippen molar-refractivity contribution < 1.29 is 4.74 Å². The van der Waals surface area contributed by atoms with Gasteiger partial charge in [0.2, 0.25) is 0 Å². The number of methoxy groups -OCH3 is 1. The third-order valence-electron chi connectivity index (χ3n) is 3.04. The summed E-state index contributed by atoms with van der Waals surface area (Å²) in [6.07, 6.45) is 0. The first-order chi connectivity index (χ1) is 7.90. The lowest BCUT2D eigenvalue weighted by molar-refractivity contribution is 0.144. The molecule has 1 radical (unpaired) electrons. The van der Waals surface area contributed by atoms with Crippen molar-refractivity contribution in [2.45, 2.75) is 0 Å². The number of rotatable bonds is 4. The average molecular weight is 219 g/mol. The van der Waals surface area contributed by atoms with Crippen molar-refractivity contribution in [3.05, 3.63) is 30.3 Å². The number of hydrogen-bond acceptors (Lipinski definition) is 3. The Balaban J connectivity index is 1.81. The molecule has 1 aromatic carbocycles. The van der Waals surface area contributed by atoms with E-state index < -0.39 is 0 Å². The molecule has 0 saturated carbocycles. The Morgan fingerprint density at radius 1 is 1.31 bits per heavy atom. The van der Waals surface area contributed by atoms with Gasteiger partial charge in [-0.1, -0.05) is 12.1 Å². The highest BCUT2D eigenvalue weighted by Gasteiger charge is 2.16. The first-order valence-electron chi connectivity index (χ1n) is 5.82. The van der Waals surface area contributed by atoms with E-state index in [9.17, 15) is 0 Å². The van der Waals surface area contributed by atoms with E-state index in [1.54, 1.807) is 7.11 Å². The van der Waals surface area contributed by atoms with E-state index in [2.05, 4.69) is 28.0 Å². The van der Waals surface area contributed by atoms with Crippen molar-refractivity contribution in [2.24, 2.45) is 0 Å². The Kier molecular flexibility index (Phi) is 4.19. The summed E-state index contributed by atoms with van der Waals surface area (Å²) in [4.78, 5) is 4.87. The molecule has 0 spiro atoms. The predicted molar refractivity (Wildman–Crippen MR) is 65.8 cm³/mol. The van der Waals surface area contributed by atoms with Gasteiger partial charge in [-0.25, -0.2) is 0 Å². The van der Waals surface area contributed by atoms with Crippen LogP contribution in [-0.2, 0) is 4.74 Å². The minimum absolute atomic E-state index is 0.832. The van der Waals surface area contributed by atoms with Crippen LogP contribution < -0.4 is 4.90 Å². The molecule has 3 nitrogen and oxygen atoms in total. The van der Waals surface area contributed by atoms with Gasteiger partial charge in [0.1, 0.15) is 0 Å². The molecule has 1 heterocycles. The molecule has 1 fully saturated rings. The average Bonchev–Trinajstić information content (AvgIpc) is 2.38. The van der Waals surface area contributed by atoms with Crippen LogP contribution in [0.1, 0.15) is 0 Å². The van der Waals surface area contributed by atoms with Gasteiger partial charge in [0, 0.05) is 45.5 Å². The van der Waals surface area contributed by atoms with Gasteiger partial charge in [-0.15, -0.1) is 0 Å². The number of piperazine rings is 1. The summed E-state index contributed by atoms with van der Waals surface area (Å²) in [5, 5.41) is 0. The molecule has 1 aliphatic heterocycles. The maximum absolute atomic E-state index is 5.10. The van der Waals surface area contributed by atoms with Crippen LogP contribution in [0.2, 0.25) is 0 Å². The summed E-state index contributed by atoms with van der Waals surface area (Å²) in [6, 6.07) is 11.3. The first-order valence-corrected chi connectivity index (χ1v) is 5.82. The van der Waals surface area contributed by atoms with Crippen molar-refractivity contribution in [1.82, 2.24) is 4.90 Å². The third-order valence-corrected chi connectivity index (χ3v) is 3.04. The molecule has 0 amide bonds. The highest BCUT2D eigenvalue weighted by Crippen LogP contribution is 2.14. The summed E-state index contributed by atoms with van der Waals surface area (Å²) in [6.45, 7) is 6.32. The second-order valence-electron chi connectivity index (χ2n) is 4.08. The van der Waals surface area contributed by atoms with Gasteiger partial charge in [0.05, 0.1) is 6.61 Å². The topological polar surface area (TPSA) is 15.7 Å². The van der Waals surface area contributed by atoms with Crippen LogP contribution in [0.5, 0.6) is 0 Å². The number of hydrogen-bond donors (Lipinski definition) is 0. The number of anilines is 1. The number of benzene rings is 1. The molecule has 0 bridgehead atoms. The van der Waals surface area contributed by atoms with E-state index in [-0.39, 0.29) is 0 Å². The van der Waals surface area contributed by atoms with Crippen molar-refractivity contribution in [3.63, 3.8) is 0 Å². The zero-order valence-electron chi connectivity index (χ0n) is 9.85. The summed E-state index contributed by atoms with van der Waals surface area (Å²) < 4.78 is 5.10. The molecule has 87 valence electrons. The zero-order chi connectivity index (χ0) is 11.2. The van der Waals surface area contributed by atoms with Crippen LogP contribution in [0.4, 0.5) is 5.69 Å². The molecule has 3 heteroatoms. The van der Waals surface area contributed by atoms with Gasteiger partial charge in [0.25, 0.3) is 0 Å². The van der Waals surface area contributed by atoms with Gasteiger partial charge in [-0.2, -0.15) is 0 Å². The van der Waals surface area contributed by atoms with Crippen LogP contribution in [0.25, 0.3) is 0 Å². The zero-order valence-corrected chi connectivity index (χ0v) is 9.85. The first kappa shape index (κ1) is 11.4. The van der Waals surface area contributed by atoms with Crippen LogP contribution in [-0.4, -0.2) is 51.3 Å². The van der Waals surface area contributed by atoms with Crippen molar-refractivity contribution in [1.29, 1.82) is 0 Å². The van der Waals surface area contributed by atoms with Crippen LogP contribution in [0.15, 0.2) is 24.3 Å². The molecule has 0 atom stereocenters. The molecule has 0 aliphatic carbocycles. The van der Waals surface area contributed by atoms with E-state index >= 15 is 0 Å². The lowest BCUT2D eigenvalue weighted by atomic mass is 10.2. The van der Waals surface area contributed by atoms with Crippen LogP contribution >= 0.6 is 0 Å². The minimum Gasteiger partial charge on any atom is -0.383 e. The fourth-order valence-corrected chi connectivity index (χ4v) is 2.03. The fourth-order valence-electron chi connectivity index (χ4n) is 2.03. The lowest BCUT2D eigenvalue weighted by Crippen LogP contribution is -2.47. The quantitative estimate of drug-likeness (QED) is 0.758. The summed E-state index contributed by atoms with van der Waals surface area (Å²) in [7, 11) is 1.76. The minimum atomic E-state index is 0.832. The molecule has 0 aromatic heterocycles.